The summed E-state index contributed by atoms with van der Waals surface area (Å²) in [5.41, 5.74) is 0.620. The number of pyridine rings is 1. The van der Waals surface area contributed by atoms with Crippen molar-refractivity contribution < 1.29 is 5.11 Å². The molecule has 1 saturated heterocycles. The Morgan fingerprint density at radius 1 is 1.33 bits per heavy atom. The number of nitrogens with zero attached hydrogens (tertiary/aromatic N) is 3. The van der Waals surface area contributed by atoms with Crippen LogP contribution in [0.5, 0.6) is 0 Å². The molecule has 5 nitrogen and oxygen atoms in total. The highest BCUT2D eigenvalue weighted by molar-refractivity contribution is 5.48. The van der Waals surface area contributed by atoms with Crippen LogP contribution in [0.15, 0.2) is 18.3 Å². The van der Waals surface area contributed by atoms with Crippen molar-refractivity contribution in [1.29, 1.82) is 0 Å². The second-order valence-electron chi connectivity index (χ2n) is 6.50. The molecule has 1 unspecified atom stereocenters. The zero-order valence-corrected chi connectivity index (χ0v) is 13.6. The van der Waals surface area contributed by atoms with Crippen LogP contribution in [-0.2, 0) is 0 Å². The van der Waals surface area contributed by atoms with Gasteiger partial charge in [0.2, 0.25) is 0 Å². The number of piperazine rings is 1. The van der Waals surface area contributed by atoms with Crippen molar-refractivity contribution in [1.82, 2.24) is 15.2 Å². The monoisotopic (exact) mass is 292 g/mol. The van der Waals surface area contributed by atoms with Crippen molar-refractivity contribution in [3.8, 4) is 0 Å². The molecular formula is C16H28N4O. The summed E-state index contributed by atoms with van der Waals surface area (Å²) in [7, 11) is 1.97. The van der Waals surface area contributed by atoms with E-state index in [1.54, 1.807) is 0 Å². The summed E-state index contributed by atoms with van der Waals surface area (Å²) >= 11 is 0. The second-order valence-corrected chi connectivity index (χ2v) is 6.50. The van der Waals surface area contributed by atoms with Crippen molar-refractivity contribution in [3.05, 3.63) is 23.9 Å². The number of hydrogen-bond donors (Lipinski definition) is 2. The predicted molar refractivity (Wildman–Crippen MR) is 86.7 cm³/mol. The molecule has 2 N–H and O–H groups in total. The summed E-state index contributed by atoms with van der Waals surface area (Å²) in [6.45, 7) is 10.5. The molecule has 0 amide bonds. The molecule has 1 atom stereocenters. The summed E-state index contributed by atoms with van der Waals surface area (Å²) in [5, 5.41) is 13.2. The number of hydrogen-bond acceptors (Lipinski definition) is 5. The lowest BCUT2D eigenvalue weighted by atomic mass is 10.1. The minimum atomic E-state index is -0.626. The molecule has 1 fully saturated rings. The van der Waals surface area contributed by atoms with Gasteiger partial charge < -0.3 is 15.3 Å². The Balaban J connectivity index is 2.03. The van der Waals surface area contributed by atoms with Crippen LogP contribution < -0.4 is 10.2 Å². The summed E-state index contributed by atoms with van der Waals surface area (Å²) in [5.74, 6) is 1.09. The maximum atomic E-state index is 9.93. The van der Waals surface area contributed by atoms with Crippen molar-refractivity contribution in [3.63, 3.8) is 0 Å². The molecule has 1 aliphatic rings. The van der Waals surface area contributed by atoms with Crippen molar-refractivity contribution in [2.24, 2.45) is 0 Å². The van der Waals surface area contributed by atoms with Crippen molar-refractivity contribution >= 4 is 5.82 Å². The molecule has 0 aromatic carbocycles. The minimum absolute atomic E-state index is 0.295. The Hall–Kier alpha value is -1.17. The molecule has 0 aliphatic carbocycles. The van der Waals surface area contributed by atoms with E-state index in [1.165, 1.54) is 5.56 Å². The molecule has 0 saturated carbocycles. The zero-order valence-electron chi connectivity index (χ0n) is 13.6. The molecular weight excluding hydrogens is 264 g/mol. The van der Waals surface area contributed by atoms with E-state index in [-0.39, 0.29) is 0 Å². The van der Waals surface area contributed by atoms with Gasteiger partial charge in [-0.2, -0.15) is 0 Å². The van der Waals surface area contributed by atoms with Crippen molar-refractivity contribution in [2.75, 3.05) is 44.7 Å². The molecule has 118 valence electrons. The quantitative estimate of drug-likeness (QED) is 0.855. The Morgan fingerprint density at radius 3 is 2.57 bits per heavy atom. The summed E-state index contributed by atoms with van der Waals surface area (Å²) in [6.07, 6.45) is 1.87. The van der Waals surface area contributed by atoms with Gasteiger partial charge in [0.05, 0.1) is 5.60 Å². The van der Waals surface area contributed by atoms with E-state index in [9.17, 15) is 5.11 Å². The van der Waals surface area contributed by atoms with Gasteiger partial charge in [-0.3, -0.25) is 4.90 Å². The van der Waals surface area contributed by atoms with E-state index >= 15 is 0 Å². The Kier molecular flexibility index (Phi) is 5.19. The van der Waals surface area contributed by atoms with Gasteiger partial charge >= 0.3 is 0 Å². The van der Waals surface area contributed by atoms with Crippen LogP contribution in [0, 0.1) is 0 Å². The number of nitrogens with one attached hydrogen (secondary N) is 1. The van der Waals surface area contributed by atoms with Crippen LogP contribution in [0.25, 0.3) is 0 Å². The van der Waals surface area contributed by atoms with E-state index in [0.29, 0.717) is 6.04 Å². The average molecular weight is 292 g/mol. The first-order valence-electron chi connectivity index (χ1n) is 7.72. The van der Waals surface area contributed by atoms with Crippen LogP contribution in [0.3, 0.4) is 0 Å². The molecule has 2 heterocycles. The summed E-state index contributed by atoms with van der Waals surface area (Å²) in [4.78, 5) is 9.26. The molecule has 0 radical (unpaired) electrons. The lowest BCUT2D eigenvalue weighted by Crippen LogP contribution is -2.51. The smallest absolute Gasteiger partial charge is 0.133 e. The summed E-state index contributed by atoms with van der Waals surface area (Å²) in [6, 6.07) is 4.44. The van der Waals surface area contributed by atoms with E-state index in [0.717, 1.165) is 38.5 Å². The first-order valence-corrected chi connectivity index (χ1v) is 7.72. The largest absolute Gasteiger partial charge is 0.389 e. The fourth-order valence-corrected chi connectivity index (χ4v) is 2.83. The van der Waals surface area contributed by atoms with E-state index < -0.39 is 5.60 Å². The van der Waals surface area contributed by atoms with Crippen LogP contribution in [0.2, 0.25) is 0 Å². The molecule has 1 aromatic heterocycles. The minimum Gasteiger partial charge on any atom is -0.389 e. The first kappa shape index (κ1) is 16.2. The number of β-amino-alcohol motifs (C(OH)–C–C–N with tert-alkyl or cyclic N) is 1. The first-order chi connectivity index (χ1) is 9.90. The molecule has 5 heteroatoms. The highest BCUT2D eigenvalue weighted by atomic mass is 16.3. The maximum absolute atomic E-state index is 9.93. The van der Waals surface area contributed by atoms with Gasteiger partial charge in [-0.1, -0.05) is 6.07 Å². The Morgan fingerprint density at radius 2 is 2.00 bits per heavy atom. The lowest BCUT2D eigenvalue weighted by Gasteiger charge is -2.38. The van der Waals surface area contributed by atoms with Crippen LogP contribution in [-0.4, -0.2) is 60.4 Å². The molecule has 1 aliphatic heterocycles. The molecule has 2 rings (SSSR count). The van der Waals surface area contributed by atoms with E-state index in [4.69, 9.17) is 0 Å². The SMILES string of the molecule is CNC(C)c1cccnc1N1CCN(CC(C)(C)O)CC1. The average Bonchev–Trinajstić information content (AvgIpc) is 2.45. The summed E-state index contributed by atoms with van der Waals surface area (Å²) < 4.78 is 0. The Labute approximate surface area is 128 Å². The number of aromatic nitrogens is 1. The van der Waals surface area contributed by atoms with Gasteiger partial charge in [0, 0.05) is 50.5 Å². The van der Waals surface area contributed by atoms with E-state index in [1.807, 2.05) is 33.2 Å². The lowest BCUT2D eigenvalue weighted by molar-refractivity contribution is 0.0344. The van der Waals surface area contributed by atoms with Gasteiger partial charge in [0.1, 0.15) is 5.82 Å². The predicted octanol–water partition coefficient (Wildman–Crippen LogP) is 1.25. The maximum Gasteiger partial charge on any atom is 0.133 e. The molecule has 0 spiro atoms. The zero-order chi connectivity index (χ0) is 15.5. The van der Waals surface area contributed by atoms with E-state index in [2.05, 4.69) is 33.1 Å². The van der Waals surface area contributed by atoms with Gasteiger partial charge in [-0.05, 0) is 33.9 Å². The van der Waals surface area contributed by atoms with Gasteiger partial charge in [-0.25, -0.2) is 4.98 Å². The third kappa shape index (κ3) is 4.40. The fraction of sp³-hybridized carbons (Fsp3) is 0.688. The third-order valence-corrected chi connectivity index (χ3v) is 4.00. The van der Waals surface area contributed by atoms with Gasteiger partial charge in [0.15, 0.2) is 0 Å². The Bertz CT molecular complexity index is 450. The number of anilines is 1. The topological polar surface area (TPSA) is 51.6 Å². The second kappa shape index (κ2) is 6.73. The number of aliphatic hydroxyl groups is 1. The number of rotatable bonds is 5. The third-order valence-electron chi connectivity index (χ3n) is 4.00. The molecule has 1 aromatic rings. The van der Waals surface area contributed by atoms with Crippen LogP contribution in [0.1, 0.15) is 32.4 Å². The highest BCUT2D eigenvalue weighted by Gasteiger charge is 2.24. The molecule has 0 bridgehead atoms. The normalized spacial score (nSPS) is 18.8. The van der Waals surface area contributed by atoms with Crippen LogP contribution >= 0.6 is 0 Å². The fourth-order valence-electron chi connectivity index (χ4n) is 2.83. The van der Waals surface area contributed by atoms with Crippen molar-refractivity contribution in [2.45, 2.75) is 32.4 Å². The highest BCUT2D eigenvalue weighted by Crippen LogP contribution is 2.24. The van der Waals surface area contributed by atoms with Gasteiger partial charge in [0.25, 0.3) is 0 Å². The molecule has 21 heavy (non-hydrogen) atoms. The standard InChI is InChI=1S/C16H28N4O/c1-13(17-4)14-6-5-7-18-15(14)20-10-8-19(9-11-20)12-16(2,3)21/h5-7,13,17,21H,8-12H2,1-4H3. The van der Waals surface area contributed by atoms with Gasteiger partial charge in [-0.15, -0.1) is 0 Å². The van der Waals surface area contributed by atoms with Crippen LogP contribution in [0.4, 0.5) is 5.82 Å².